The number of ether oxygens (including phenoxy) is 1. The molecule has 0 saturated carbocycles. The summed E-state index contributed by atoms with van der Waals surface area (Å²) in [6.07, 6.45) is 0. The van der Waals surface area contributed by atoms with Crippen LogP contribution in [-0.2, 0) is 6.61 Å². The molecule has 0 saturated heterocycles. The van der Waals surface area contributed by atoms with Crippen LogP contribution in [0.2, 0.25) is 0 Å². The molecule has 0 aromatic heterocycles. The molecule has 16 heavy (non-hydrogen) atoms. The van der Waals surface area contributed by atoms with Gasteiger partial charge in [-0.1, -0.05) is 18.2 Å². The van der Waals surface area contributed by atoms with Crippen molar-refractivity contribution in [3.05, 3.63) is 66.2 Å². The van der Waals surface area contributed by atoms with Crippen molar-refractivity contribution in [2.24, 2.45) is 0 Å². The van der Waals surface area contributed by atoms with Gasteiger partial charge in [0, 0.05) is 0 Å². The van der Waals surface area contributed by atoms with Crippen LogP contribution in [0.15, 0.2) is 54.6 Å². The number of hydrogen-bond acceptors (Lipinski definition) is 1. The Kier molecular flexibility index (Phi) is 8.34. The monoisotopic (exact) mass is 286 g/mol. The number of halogens is 1. The smallest absolute Gasteiger partial charge is 1.00 e. The first-order valence-corrected chi connectivity index (χ1v) is 4.58. The molecule has 0 bridgehead atoms. The SMILES string of the molecule is [Br-].[Mg+2].[c-]1ccccc1COc1ccccc1. The molecular weight excluding hydrogens is 276 g/mol. The van der Waals surface area contributed by atoms with Gasteiger partial charge in [0.2, 0.25) is 0 Å². The van der Waals surface area contributed by atoms with Crippen molar-refractivity contribution in [2.75, 3.05) is 0 Å². The summed E-state index contributed by atoms with van der Waals surface area (Å²) in [5.41, 5.74) is 1.07. The summed E-state index contributed by atoms with van der Waals surface area (Å²) in [6.45, 7) is 0.574. The fraction of sp³-hybridized carbons (Fsp3) is 0.0769. The molecule has 0 unspecified atom stereocenters. The van der Waals surface area contributed by atoms with Crippen molar-refractivity contribution in [1.82, 2.24) is 0 Å². The Morgan fingerprint density at radius 2 is 1.62 bits per heavy atom. The quantitative estimate of drug-likeness (QED) is 0.556. The Bertz CT molecular complexity index is 338. The van der Waals surface area contributed by atoms with E-state index in [0.717, 1.165) is 11.3 Å². The average Bonchev–Trinajstić information content (AvgIpc) is 2.29. The third kappa shape index (κ3) is 5.01. The summed E-state index contributed by atoms with van der Waals surface area (Å²) >= 11 is 0. The minimum Gasteiger partial charge on any atom is -1.00 e. The molecule has 2 aromatic carbocycles. The Balaban J connectivity index is 0.00000112. The third-order valence-corrected chi connectivity index (χ3v) is 1.91. The van der Waals surface area contributed by atoms with Crippen LogP contribution in [0, 0.1) is 6.07 Å². The molecule has 0 aliphatic rings. The van der Waals surface area contributed by atoms with Crippen molar-refractivity contribution < 1.29 is 21.7 Å². The summed E-state index contributed by atoms with van der Waals surface area (Å²) in [5.74, 6) is 0.893. The van der Waals surface area contributed by atoms with Gasteiger partial charge in [0.05, 0.1) is 6.61 Å². The summed E-state index contributed by atoms with van der Waals surface area (Å²) in [6, 6.07) is 20.7. The first-order valence-electron chi connectivity index (χ1n) is 4.58. The standard InChI is InChI=1S/C13H11O.BrH.Mg/c1-3-7-12(8-4-1)11-14-13-9-5-2-6-10-13;;/h1-7,9-10H,11H2;1H;/q-1;;+2/p-1. The molecule has 0 fully saturated rings. The molecule has 0 aliphatic heterocycles. The number of benzene rings is 2. The van der Waals surface area contributed by atoms with Crippen LogP contribution in [0.25, 0.3) is 0 Å². The molecule has 78 valence electrons. The maximum atomic E-state index is 5.56. The van der Waals surface area contributed by atoms with Gasteiger partial charge < -0.3 is 21.7 Å². The molecule has 2 rings (SSSR count). The van der Waals surface area contributed by atoms with E-state index in [-0.39, 0.29) is 40.0 Å². The molecule has 0 radical (unpaired) electrons. The van der Waals surface area contributed by atoms with Gasteiger partial charge in [0.1, 0.15) is 5.75 Å². The summed E-state index contributed by atoms with van der Waals surface area (Å²) in [4.78, 5) is 0. The van der Waals surface area contributed by atoms with E-state index in [2.05, 4.69) is 6.07 Å². The first kappa shape index (κ1) is 15.5. The van der Waals surface area contributed by atoms with Gasteiger partial charge in [-0.25, -0.2) is 0 Å². The molecule has 2 aromatic rings. The van der Waals surface area contributed by atoms with Gasteiger partial charge in [0.15, 0.2) is 0 Å². The fourth-order valence-corrected chi connectivity index (χ4v) is 1.20. The van der Waals surface area contributed by atoms with E-state index in [9.17, 15) is 0 Å². The minimum atomic E-state index is 0. The van der Waals surface area contributed by atoms with Crippen LogP contribution in [-0.4, -0.2) is 23.1 Å². The largest absolute Gasteiger partial charge is 2.00 e. The fourth-order valence-electron chi connectivity index (χ4n) is 1.20. The van der Waals surface area contributed by atoms with Gasteiger partial charge >= 0.3 is 23.1 Å². The van der Waals surface area contributed by atoms with Crippen LogP contribution in [0.1, 0.15) is 5.56 Å². The van der Waals surface area contributed by atoms with Crippen molar-refractivity contribution in [3.63, 3.8) is 0 Å². The molecule has 0 spiro atoms. The zero-order valence-electron chi connectivity index (χ0n) is 8.90. The number of para-hydroxylation sites is 1. The second-order valence-corrected chi connectivity index (χ2v) is 2.99. The Hall–Kier alpha value is -0.514. The van der Waals surface area contributed by atoms with Crippen molar-refractivity contribution in [3.8, 4) is 5.75 Å². The van der Waals surface area contributed by atoms with Crippen molar-refractivity contribution in [1.29, 1.82) is 0 Å². The van der Waals surface area contributed by atoms with Gasteiger partial charge in [-0.05, 0) is 12.1 Å². The number of hydrogen-bond donors (Lipinski definition) is 0. The van der Waals surface area contributed by atoms with E-state index in [4.69, 9.17) is 4.74 Å². The summed E-state index contributed by atoms with van der Waals surface area (Å²) in [7, 11) is 0. The predicted octanol–water partition coefficient (Wildman–Crippen LogP) is -0.311. The maximum absolute atomic E-state index is 5.56. The third-order valence-electron chi connectivity index (χ3n) is 1.91. The Morgan fingerprint density at radius 1 is 0.938 bits per heavy atom. The van der Waals surface area contributed by atoms with Crippen LogP contribution in [0.3, 0.4) is 0 Å². The zero-order chi connectivity index (χ0) is 9.64. The molecular formula is C13H11BrMgO. The van der Waals surface area contributed by atoms with Crippen molar-refractivity contribution >= 4 is 23.1 Å². The molecule has 0 aliphatic carbocycles. The van der Waals surface area contributed by atoms with E-state index in [1.165, 1.54) is 0 Å². The Morgan fingerprint density at radius 3 is 2.25 bits per heavy atom. The average molecular weight is 287 g/mol. The second-order valence-electron chi connectivity index (χ2n) is 2.99. The Labute approximate surface area is 123 Å². The topological polar surface area (TPSA) is 9.23 Å². The molecule has 0 heterocycles. The molecule has 0 N–H and O–H groups in total. The van der Waals surface area contributed by atoms with E-state index in [1.807, 2.05) is 54.6 Å². The normalized spacial score (nSPS) is 8.50. The van der Waals surface area contributed by atoms with Crippen LogP contribution < -0.4 is 21.7 Å². The summed E-state index contributed by atoms with van der Waals surface area (Å²) in [5, 5.41) is 0. The van der Waals surface area contributed by atoms with Gasteiger partial charge in [-0.3, -0.25) is 0 Å². The molecule has 0 atom stereocenters. The summed E-state index contributed by atoms with van der Waals surface area (Å²) < 4.78 is 5.56. The molecule has 0 amide bonds. The first-order chi connectivity index (χ1) is 6.95. The van der Waals surface area contributed by atoms with E-state index in [1.54, 1.807) is 0 Å². The van der Waals surface area contributed by atoms with Crippen LogP contribution >= 0.6 is 0 Å². The van der Waals surface area contributed by atoms with Crippen LogP contribution in [0.5, 0.6) is 5.75 Å². The molecule has 1 nitrogen and oxygen atoms in total. The molecule has 3 heteroatoms. The van der Waals surface area contributed by atoms with Gasteiger partial charge in [-0.15, -0.1) is 5.56 Å². The van der Waals surface area contributed by atoms with Crippen LogP contribution in [0.4, 0.5) is 0 Å². The predicted molar refractivity (Wildman–Crippen MR) is 61.8 cm³/mol. The van der Waals surface area contributed by atoms with Crippen molar-refractivity contribution in [2.45, 2.75) is 6.61 Å². The van der Waals surface area contributed by atoms with E-state index >= 15 is 0 Å². The van der Waals surface area contributed by atoms with E-state index in [0.29, 0.717) is 6.61 Å². The van der Waals surface area contributed by atoms with Gasteiger partial charge in [-0.2, -0.15) is 30.3 Å². The maximum Gasteiger partial charge on any atom is 2.00 e. The second kappa shape index (κ2) is 8.62. The van der Waals surface area contributed by atoms with Gasteiger partial charge in [0.25, 0.3) is 0 Å². The zero-order valence-corrected chi connectivity index (χ0v) is 11.9. The van der Waals surface area contributed by atoms with E-state index < -0.39 is 0 Å². The minimum absolute atomic E-state index is 0. The number of rotatable bonds is 3.